The molecule has 2 rings (SSSR count). The molecule has 0 radical (unpaired) electrons. The number of carbonyl (C=O) groups excluding carboxylic acids is 4. The molecule has 0 aliphatic heterocycles. The van der Waals surface area contributed by atoms with Gasteiger partial charge in [-0.1, -0.05) is 99.7 Å². The van der Waals surface area contributed by atoms with E-state index in [1.165, 1.54) is 12.0 Å². The largest absolute Gasteiger partial charge is 0.468 e. The first kappa shape index (κ1) is 34.3. The van der Waals surface area contributed by atoms with E-state index in [1.807, 2.05) is 36.4 Å². The summed E-state index contributed by atoms with van der Waals surface area (Å²) in [4.78, 5) is 54.3. The molecule has 0 aliphatic carbocycles. The van der Waals surface area contributed by atoms with Crippen LogP contribution in [0.1, 0.15) is 83.4 Å². The highest BCUT2D eigenvalue weighted by atomic mass is 16.6. The number of nitrogens with one attached hydrogen (secondary N) is 2. The van der Waals surface area contributed by atoms with E-state index >= 15 is 0 Å². The molecule has 230 valence electrons. The second-order valence-corrected chi connectivity index (χ2v) is 11.3. The van der Waals surface area contributed by atoms with Gasteiger partial charge < -0.3 is 25.0 Å². The molecule has 0 saturated carbocycles. The molecule has 0 heterocycles. The van der Waals surface area contributed by atoms with Gasteiger partial charge in [0.15, 0.2) is 0 Å². The number of methoxy groups -OCH3 is 1. The number of benzene rings is 2. The Morgan fingerprint density at radius 1 is 0.857 bits per heavy atom. The van der Waals surface area contributed by atoms with Gasteiger partial charge in [-0.25, -0.2) is 4.79 Å². The van der Waals surface area contributed by atoms with Crippen LogP contribution in [0.15, 0.2) is 60.7 Å². The SMILES string of the molecule is CCCCCCCCN(C(=O)C(Cc1ccccc1)NC(=O)OC(C)(C)C)C(C(=O)NCC(=O)OC)c1ccccc1. The van der Waals surface area contributed by atoms with Crippen molar-refractivity contribution in [2.45, 2.75) is 90.3 Å². The molecule has 9 heteroatoms. The second-order valence-electron chi connectivity index (χ2n) is 11.3. The number of ether oxygens (including phenoxy) is 2. The van der Waals surface area contributed by atoms with E-state index in [9.17, 15) is 19.2 Å². The van der Waals surface area contributed by atoms with Gasteiger partial charge in [0.2, 0.25) is 11.8 Å². The standard InChI is InChI=1S/C33H47N3O6/c1-6-7-8-9-10-17-22-36(29(26-20-15-12-16-21-26)30(38)34-24-28(37)41-5)31(39)27(23-25-18-13-11-14-19-25)35-32(40)42-33(2,3)4/h11-16,18-21,27,29H,6-10,17,22-24H2,1-5H3,(H,34,38)(H,35,40). The zero-order valence-corrected chi connectivity index (χ0v) is 25.7. The van der Waals surface area contributed by atoms with Gasteiger partial charge in [0, 0.05) is 13.0 Å². The van der Waals surface area contributed by atoms with Gasteiger partial charge in [-0.2, -0.15) is 0 Å². The number of hydrogen-bond acceptors (Lipinski definition) is 6. The zero-order valence-electron chi connectivity index (χ0n) is 25.7. The van der Waals surface area contributed by atoms with Gasteiger partial charge in [-0.3, -0.25) is 14.4 Å². The summed E-state index contributed by atoms with van der Waals surface area (Å²) in [5.74, 6) is -1.53. The molecular weight excluding hydrogens is 534 g/mol. The fourth-order valence-electron chi connectivity index (χ4n) is 4.57. The van der Waals surface area contributed by atoms with E-state index in [1.54, 1.807) is 45.0 Å². The Kier molecular flexibility index (Phi) is 14.6. The van der Waals surface area contributed by atoms with Crippen molar-refractivity contribution in [2.75, 3.05) is 20.2 Å². The van der Waals surface area contributed by atoms with E-state index in [2.05, 4.69) is 17.6 Å². The van der Waals surface area contributed by atoms with Crippen molar-refractivity contribution in [1.82, 2.24) is 15.5 Å². The minimum absolute atomic E-state index is 0.206. The minimum Gasteiger partial charge on any atom is -0.468 e. The van der Waals surface area contributed by atoms with Crippen LogP contribution in [0.25, 0.3) is 0 Å². The fraction of sp³-hybridized carbons (Fsp3) is 0.515. The summed E-state index contributed by atoms with van der Waals surface area (Å²) in [5.41, 5.74) is 0.677. The fourth-order valence-corrected chi connectivity index (χ4v) is 4.57. The van der Waals surface area contributed by atoms with Crippen molar-refractivity contribution in [3.05, 3.63) is 71.8 Å². The van der Waals surface area contributed by atoms with Crippen molar-refractivity contribution < 1.29 is 28.7 Å². The predicted molar refractivity (Wildman–Crippen MR) is 163 cm³/mol. The van der Waals surface area contributed by atoms with Crippen LogP contribution in [0.2, 0.25) is 0 Å². The number of hydrogen-bond donors (Lipinski definition) is 2. The molecule has 0 aromatic heterocycles. The lowest BCUT2D eigenvalue weighted by molar-refractivity contribution is -0.144. The van der Waals surface area contributed by atoms with Gasteiger partial charge in [-0.15, -0.1) is 0 Å². The third-order valence-corrected chi connectivity index (χ3v) is 6.62. The van der Waals surface area contributed by atoms with Crippen LogP contribution in [0.3, 0.4) is 0 Å². The number of rotatable bonds is 16. The molecule has 3 amide bonds. The summed E-state index contributed by atoms with van der Waals surface area (Å²) in [7, 11) is 1.24. The maximum Gasteiger partial charge on any atom is 0.408 e. The maximum atomic E-state index is 14.4. The molecular formula is C33H47N3O6. The first-order valence-corrected chi connectivity index (χ1v) is 14.8. The first-order valence-electron chi connectivity index (χ1n) is 14.8. The van der Waals surface area contributed by atoms with E-state index in [-0.39, 0.29) is 19.5 Å². The minimum atomic E-state index is -1.03. The normalized spacial score (nSPS) is 12.5. The van der Waals surface area contributed by atoms with Gasteiger partial charge in [0.1, 0.15) is 24.2 Å². The number of alkyl carbamates (subject to hydrolysis) is 1. The highest BCUT2D eigenvalue weighted by molar-refractivity contribution is 5.93. The highest BCUT2D eigenvalue weighted by Gasteiger charge is 2.36. The molecule has 0 fully saturated rings. The maximum absolute atomic E-state index is 14.4. The molecule has 2 aromatic carbocycles. The highest BCUT2D eigenvalue weighted by Crippen LogP contribution is 2.24. The molecule has 9 nitrogen and oxygen atoms in total. The van der Waals surface area contributed by atoms with E-state index in [0.29, 0.717) is 12.0 Å². The second kappa shape index (κ2) is 17.8. The summed E-state index contributed by atoms with van der Waals surface area (Å²) >= 11 is 0. The Morgan fingerprint density at radius 2 is 1.45 bits per heavy atom. The summed E-state index contributed by atoms with van der Waals surface area (Å²) < 4.78 is 10.2. The lowest BCUT2D eigenvalue weighted by Crippen LogP contribution is -2.54. The molecule has 42 heavy (non-hydrogen) atoms. The van der Waals surface area contributed by atoms with Gasteiger partial charge in [0.25, 0.3) is 0 Å². The number of amides is 3. The lowest BCUT2D eigenvalue weighted by atomic mass is 9.99. The molecule has 2 unspecified atom stereocenters. The third kappa shape index (κ3) is 12.3. The van der Waals surface area contributed by atoms with Crippen LogP contribution >= 0.6 is 0 Å². The smallest absolute Gasteiger partial charge is 0.408 e. The van der Waals surface area contributed by atoms with Crippen molar-refractivity contribution in [2.24, 2.45) is 0 Å². The monoisotopic (exact) mass is 581 g/mol. The summed E-state index contributed by atoms with van der Waals surface area (Å²) in [6.07, 6.45) is 5.43. The van der Waals surface area contributed by atoms with Crippen LogP contribution in [0, 0.1) is 0 Å². The Labute approximate surface area is 250 Å². The Balaban J connectivity index is 2.47. The van der Waals surface area contributed by atoms with Crippen LogP contribution < -0.4 is 10.6 Å². The zero-order chi connectivity index (χ0) is 31.0. The molecule has 0 saturated heterocycles. The molecule has 0 aliphatic rings. The number of nitrogens with zero attached hydrogens (tertiary/aromatic N) is 1. The van der Waals surface area contributed by atoms with E-state index < -0.39 is 41.6 Å². The summed E-state index contributed by atoms with van der Waals surface area (Å²) in [5, 5.41) is 5.39. The van der Waals surface area contributed by atoms with Crippen molar-refractivity contribution >= 4 is 23.9 Å². The van der Waals surface area contributed by atoms with Gasteiger partial charge >= 0.3 is 12.1 Å². The first-order chi connectivity index (χ1) is 20.1. The third-order valence-electron chi connectivity index (χ3n) is 6.62. The topological polar surface area (TPSA) is 114 Å². The van der Waals surface area contributed by atoms with Gasteiger partial charge in [0.05, 0.1) is 7.11 Å². The predicted octanol–water partition coefficient (Wildman–Crippen LogP) is 5.34. The van der Waals surface area contributed by atoms with Gasteiger partial charge in [-0.05, 0) is 38.3 Å². The van der Waals surface area contributed by atoms with Crippen molar-refractivity contribution in [3.63, 3.8) is 0 Å². The molecule has 0 bridgehead atoms. The van der Waals surface area contributed by atoms with Crippen LogP contribution in [-0.4, -0.2) is 60.6 Å². The van der Waals surface area contributed by atoms with Crippen LogP contribution in [0.5, 0.6) is 0 Å². The molecule has 2 atom stereocenters. The Hall–Kier alpha value is -3.88. The van der Waals surface area contributed by atoms with Crippen LogP contribution in [0.4, 0.5) is 4.79 Å². The molecule has 2 N–H and O–H groups in total. The number of esters is 1. The van der Waals surface area contributed by atoms with Crippen LogP contribution in [-0.2, 0) is 30.3 Å². The lowest BCUT2D eigenvalue weighted by Gasteiger charge is -2.34. The van der Waals surface area contributed by atoms with E-state index in [0.717, 1.165) is 37.7 Å². The average Bonchev–Trinajstić information content (AvgIpc) is 2.96. The van der Waals surface area contributed by atoms with Crippen molar-refractivity contribution in [3.8, 4) is 0 Å². The molecule has 0 spiro atoms. The molecule has 2 aromatic rings. The Morgan fingerprint density at radius 3 is 2.05 bits per heavy atom. The van der Waals surface area contributed by atoms with Crippen molar-refractivity contribution in [1.29, 1.82) is 0 Å². The summed E-state index contributed by atoms with van der Waals surface area (Å²) in [6.45, 7) is 7.37. The Bertz CT molecular complexity index is 1120. The quantitative estimate of drug-likeness (QED) is 0.204. The number of carbonyl (C=O) groups is 4. The average molecular weight is 582 g/mol. The summed E-state index contributed by atoms with van der Waals surface area (Å²) in [6, 6.07) is 16.3. The van der Waals surface area contributed by atoms with E-state index in [4.69, 9.17) is 9.47 Å². The number of unbranched alkanes of at least 4 members (excludes halogenated alkanes) is 5.